The van der Waals surface area contributed by atoms with E-state index >= 15 is 0 Å². The van der Waals surface area contributed by atoms with Gasteiger partial charge < -0.3 is 19.9 Å². The Kier molecular flexibility index (Phi) is 5.40. The maximum atomic E-state index is 10.0. The summed E-state index contributed by atoms with van der Waals surface area (Å²) >= 11 is 0. The van der Waals surface area contributed by atoms with Crippen molar-refractivity contribution in [3.05, 3.63) is 0 Å². The summed E-state index contributed by atoms with van der Waals surface area (Å²) in [7, 11) is 1.83. The number of hydrogen-bond donors (Lipinski definition) is 1. The third kappa shape index (κ3) is 3.20. The van der Waals surface area contributed by atoms with Crippen LogP contribution in [0.15, 0.2) is 0 Å². The molecule has 28 heavy (non-hydrogen) atoms. The highest BCUT2D eigenvalue weighted by Crippen LogP contribution is 2.50. The first-order chi connectivity index (χ1) is 13.7. The molecule has 6 nitrogen and oxygen atoms in total. The van der Waals surface area contributed by atoms with E-state index in [1.807, 2.05) is 7.11 Å². The van der Waals surface area contributed by atoms with E-state index in [9.17, 15) is 5.26 Å². The molecule has 10 unspecified atom stereocenters. The van der Waals surface area contributed by atoms with Gasteiger partial charge in [0.05, 0.1) is 36.5 Å². The molecule has 6 heteroatoms. The molecule has 0 aromatic carbocycles. The molecule has 2 aliphatic carbocycles. The number of ether oxygens (including phenoxy) is 3. The number of nitrogens with zero attached hydrogens (tertiary/aromatic N) is 2. The Labute approximate surface area is 168 Å². The minimum Gasteiger partial charge on any atom is -0.381 e. The fraction of sp³-hybridized carbons (Fsp3) is 0.955. The van der Waals surface area contributed by atoms with Crippen molar-refractivity contribution >= 4 is 0 Å². The Morgan fingerprint density at radius 2 is 1.79 bits per heavy atom. The van der Waals surface area contributed by atoms with Crippen molar-refractivity contribution in [2.24, 2.45) is 35.3 Å². The molecule has 3 saturated heterocycles. The van der Waals surface area contributed by atoms with Gasteiger partial charge in [-0.2, -0.15) is 5.26 Å². The van der Waals surface area contributed by atoms with E-state index in [0.717, 1.165) is 38.6 Å². The van der Waals surface area contributed by atoms with Gasteiger partial charge in [-0.25, -0.2) is 0 Å². The van der Waals surface area contributed by atoms with Gasteiger partial charge in [0.2, 0.25) is 0 Å². The SMILES string of the molecule is COC1CCCC(C2CC3C4CC5OCOC5CC4CCN3C(N)C2C#N)C1. The van der Waals surface area contributed by atoms with Crippen molar-refractivity contribution < 1.29 is 14.2 Å². The number of nitrogens with two attached hydrogens (primary N) is 1. The van der Waals surface area contributed by atoms with Gasteiger partial charge in [-0.05, 0) is 68.6 Å². The third-order valence-corrected chi connectivity index (χ3v) is 8.78. The first kappa shape index (κ1) is 19.3. The van der Waals surface area contributed by atoms with E-state index in [1.54, 1.807) is 0 Å². The summed E-state index contributed by atoms with van der Waals surface area (Å²) in [5.74, 6) is 2.26. The van der Waals surface area contributed by atoms with Gasteiger partial charge in [-0.1, -0.05) is 6.42 Å². The first-order valence-corrected chi connectivity index (χ1v) is 11.4. The van der Waals surface area contributed by atoms with E-state index < -0.39 is 0 Å². The summed E-state index contributed by atoms with van der Waals surface area (Å²) < 4.78 is 17.4. The average Bonchev–Trinajstić information content (AvgIpc) is 3.19. The lowest BCUT2D eigenvalue weighted by atomic mass is 9.61. The van der Waals surface area contributed by atoms with Gasteiger partial charge in [-0.3, -0.25) is 4.90 Å². The Hall–Kier alpha value is -0.710. The Bertz CT molecular complexity index is 610. The van der Waals surface area contributed by atoms with Gasteiger partial charge in [0.1, 0.15) is 6.79 Å². The summed E-state index contributed by atoms with van der Waals surface area (Å²) in [6.45, 7) is 1.49. The molecule has 10 atom stereocenters. The van der Waals surface area contributed by atoms with Crippen LogP contribution in [0.5, 0.6) is 0 Å². The molecule has 156 valence electrons. The number of nitriles is 1. The Morgan fingerprint density at radius 3 is 2.57 bits per heavy atom. The Morgan fingerprint density at radius 1 is 1.00 bits per heavy atom. The van der Waals surface area contributed by atoms with Crippen LogP contribution in [0.3, 0.4) is 0 Å². The summed E-state index contributed by atoms with van der Waals surface area (Å²) in [5.41, 5.74) is 6.75. The first-order valence-electron chi connectivity index (χ1n) is 11.4. The average molecular weight is 390 g/mol. The summed E-state index contributed by atoms with van der Waals surface area (Å²) in [6, 6.07) is 3.12. The van der Waals surface area contributed by atoms with Crippen molar-refractivity contribution in [1.82, 2.24) is 4.90 Å². The largest absolute Gasteiger partial charge is 0.381 e. The second-order valence-corrected chi connectivity index (χ2v) is 9.85. The number of fused-ring (bicyclic) bond motifs is 4. The molecule has 3 heterocycles. The van der Waals surface area contributed by atoms with Crippen molar-refractivity contribution in [2.45, 2.75) is 81.9 Å². The molecule has 0 radical (unpaired) electrons. The van der Waals surface area contributed by atoms with Gasteiger partial charge >= 0.3 is 0 Å². The van der Waals surface area contributed by atoms with Gasteiger partial charge in [-0.15, -0.1) is 0 Å². The molecule has 2 saturated carbocycles. The van der Waals surface area contributed by atoms with Crippen molar-refractivity contribution in [3.63, 3.8) is 0 Å². The minimum atomic E-state index is -0.129. The molecule has 0 aromatic heterocycles. The number of piperidine rings is 2. The zero-order valence-electron chi connectivity index (χ0n) is 17.0. The highest BCUT2D eigenvalue weighted by atomic mass is 16.7. The highest BCUT2D eigenvalue weighted by Gasteiger charge is 2.53. The van der Waals surface area contributed by atoms with Crippen LogP contribution in [0, 0.1) is 40.9 Å². The molecule has 5 rings (SSSR count). The molecule has 2 N–H and O–H groups in total. The quantitative estimate of drug-likeness (QED) is 0.781. The molecule has 0 spiro atoms. The third-order valence-electron chi connectivity index (χ3n) is 8.78. The zero-order chi connectivity index (χ0) is 19.3. The summed E-state index contributed by atoms with van der Waals surface area (Å²) in [4.78, 5) is 2.48. The molecule has 0 bridgehead atoms. The fourth-order valence-electron chi connectivity index (χ4n) is 7.34. The van der Waals surface area contributed by atoms with E-state index in [2.05, 4.69) is 11.0 Å². The lowest BCUT2D eigenvalue weighted by molar-refractivity contribution is -0.101. The maximum Gasteiger partial charge on any atom is 0.147 e. The van der Waals surface area contributed by atoms with Crippen LogP contribution in [0.1, 0.15) is 51.4 Å². The van der Waals surface area contributed by atoms with Gasteiger partial charge in [0.25, 0.3) is 0 Å². The van der Waals surface area contributed by atoms with E-state index in [1.165, 1.54) is 19.3 Å². The van der Waals surface area contributed by atoms with Crippen LogP contribution in [-0.2, 0) is 14.2 Å². The molecule has 0 amide bonds. The molecular weight excluding hydrogens is 354 g/mol. The predicted molar refractivity (Wildman–Crippen MR) is 104 cm³/mol. The van der Waals surface area contributed by atoms with Crippen LogP contribution < -0.4 is 5.73 Å². The van der Waals surface area contributed by atoms with Crippen LogP contribution in [-0.4, -0.2) is 55.9 Å². The summed E-state index contributed by atoms with van der Waals surface area (Å²) in [5, 5.41) is 10.0. The standard InChI is InChI=1S/C22H35N3O3/c1-26-15-4-2-3-13(7-15)16-9-19-17-10-21-20(27-12-28-21)8-14(17)5-6-25(19)22(24)18(16)11-23/h13-22H,2-10,12,24H2,1H3. The molecule has 0 aromatic rings. The van der Waals surface area contributed by atoms with Crippen LogP contribution >= 0.6 is 0 Å². The van der Waals surface area contributed by atoms with E-state index in [0.29, 0.717) is 48.7 Å². The molecule has 3 aliphatic heterocycles. The van der Waals surface area contributed by atoms with Crippen LogP contribution in [0.2, 0.25) is 0 Å². The molecular formula is C22H35N3O3. The lowest BCUT2D eigenvalue weighted by Gasteiger charge is -2.57. The lowest BCUT2D eigenvalue weighted by Crippen LogP contribution is -2.65. The molecule has 5 aliphatic rings. The fourth-order valence-corrected chi connectivity index (χ4v) is 7.34. The Balaban J connectivity index is 1.37. The zero-order valence-corrected chi connectivity index (χ0v) is 17.0. The summed E-state index contributed by atoms with van der Waals surface area (Å²) in [6.07, 6.45) is 9.99. The number of methoxy groups -OCH3 is 1. The van der Waals surface area contributed by atoms with Crippen molar-refractivity contribution in [3.8, 4) is 6.07 Å². The highest BCUT2D eigenvalue weighted by molar-refractivity contribution is 5.08. The second-order valence-electron chi connectivity index (χ2n) is 9.85. The topological polar surface area (TPSA) is 80.7 Å². The predicted octanol–water partition coefficient (Wildman–Crippen LogP) is 2.48. The van der Waals surface area contributed by atoms with Crippen LogP contribution in [0.25, 0.3) is 0 Å². The van der Waals surface area contributed by atoms with Gasteiger partial charge in [0.15, 0.2) is 0 Å². The second kappa shape index (κ2) is 7.85. The number of rotatable bonds is 2. The van der Waals surface area contributed by atoms with Crippen molar-refractivity contribution in [1.29, 1.82) is 5.26 Å². The maximum absolute atomic E-state index is 10.0. The van der Waals surface area contributed by atoms with Crippen LogP contribution in [0.4, 0.5) is 0 Å². The number of hydrogen-bond acceptors (Lipinski definition) is 6. The van der Waals surface area contributed by atoms with E-state index in [-0.39, 0.29) is 18.2 Å². The monoisotopic (exact) mass is 389 g/mol. The normalized spacial score (nSPS) is 51.6. The van der Waals surface area contributed by atoms with E-state index in [4.69, 9.17) is 19.9 Å². The van der Waals surface area contributed by atoms with Gasteiger partial charge in [0, 0.05) is 19.7 Å². The smallest absolute Gasteiger partial charge is 0.147 e. The van der Waals surface area contributed by atoms with Crippen molar-refractivity contribution in [2.75, 3.05) is 20.4 Å². The molecule has 5 fully saturated rings. The minimum absolute atomic E-state index is 0.0594.